The van der Waals surface area contributed by atoms with Crippen LogP contribution in [0.15, 0.2) is 18.5 Å². The largest absolute Gasteiger partial charge is 0.361 e. The molecule has 0 spiro atoms. The van der Waals surface area contributed by atoms with E-state index in [4.69, 9.17) is 4.74 Å². The topological polar surface area (TPSA) is 59.4 Å². The van der Waals surface area contributed by atoms with Crippen molar-refractivity contribution >= 4 is 30.7 Å². The summed E-state index contributed by atoms with van der Waals surface area (Å²) >= 11 is 0. The van der Waals surface area contributed by atoms with E-state index in [1.807, 2.05) is 6.20 Å². The number of hydrogen-bond acceptors (Lipinski definition) is 4. The standard InChI is InChI=1S/C21H32N4O2Si/c1-28(2,3)12-11-27-15-24-10-9-17-19-18(13-22-20(17)24)21(26)23-14-25(19)16-7-5-4-6-8-16/h9-10,13,16H,4-8,11-12,14-15H2,1-3H3,(H,23,26). The molecule has 0 bridgehead atoms. The predicted octanol–water partition coefficient (Wildman–Crippen LogP) is 4.19. The number of aromatic nitrogens is 2. The molecule has 0 atom stereocenters. The first-order valence-corrected chi connectivity index (χ1v) is 14.3. The normalized spacial score (nSPS) is 18.4. The fourth-order valence-corrected chi connectivity index (χ4v) is 5.04. The van der Waals surface area contributed by atoms with Gasteiger partial charge in [0.2, 0.25) is 0 Å². The summed E-state index contributed by atoms with van der Waals surface area (Å²) in [5.74, 6) is -0.0180. The summed E-state index contributed by atoms with van der Waals surface area (Å²) in [5, 5.41) is 4.09. The van der Waals surface area contributed by atoms with Gasteiger partial charge < -0.3 is 19.5 Å². The molecule has 4 rings (SSSR count). The summed E-state index contributed by atoms with van der Waals surface area (Å²) in [6.45, 7) is 8.97. The molecule has 2 aromatic rings. The highest BCUT2D eigenvalue weighted by atomic mass is 28.3. The van der Waals surface area contributed by atoms with Gasteiger partial charge in [0.1, 0.15) is 12.4 Å². The van der Waals surface area contributed by atoms with Crippen LogP contribution >= 0.6 is 0 Å². The van der Waals surface area contributed by atoms with Crippen molar-refractivity contribution in [2.75, 3.05) is 18.2 Å². The molecule has 0 saturated heterocycles. The van der Waals surface area contributed by atoms with Crippen LogP contribution in [0.3, 0.4) is 0 Å². The number of rotatable bonds is 6. The summed E-state index contributed by atoms with van der Waals surface area (Å²) in [4.78, 5) is 19.5. The highest BCUT2D eigenvalue weighted by Crippen LogP contribution is 2.36. The molecule has 3 heterocycles. The first kappa shape index (κ1) is 19.5. The number of ether oxygens (including phenoxy) is 1. The SMILES string of the molecule is C[Si](C)(C)CCOCn1ccc2c3c(cnc21)C(=O)NCN3C1CCCCC1. The lowest BCUT2D eigenvalue weighted by Crippen LogP contribution is -2.49. The average molecular weight is 401 g/mol. The van der Waals surface area contributed by atoms with Crippen molar-refractivity contribution in [2.45, 2.75) is 70.6 Å². The number of pyridine rings is 1. The van der Waals surface area contributed by atoms with E-state index in [1.54, 1.807) is 6.20 Å². The Morgan fingerprint density at radius 1 is 1.25 bits per heavy atom. The summed E-state index contributed by atoms with van der Waals surface area (Å²) in [7, 11) is -1.09. The molecular formula is C21H32N4O2Si. The van der Waals surface area contributed by atoms with Crippen molar-refractivity contribution in [2.24, 2.45) is 0 Å². The molecule has 0 aromatic carbocycles. The van der Waals surface area contributed by atoms with Crippen molar-refractivity contribution in [1.82, 2.24) is 14.9 Å². The zero-order valence-electron chi connectivity index (χ0n) is 17.3. The van der Waals surface area contributed by atoms with Crippen molar-refractivity contribution in [3.8, 4) is 0 Å². The maximum atomic E-state index is 12.5. The lowest BCUT2D eigenvalue weighted by atomic mass is 9.93. The lowest BCUT2D eigenvalue weighted by Gasteiger charge is -2.39. The van der Waals surface area contributed by atoms with E-state index >= 15 is 0 Å². The number of hydrogen-bond donors (Lipinski definition) is 1. The minimum atomic E-state index is -1.09. The van der Waals surface area contributed by atoms with Crippen LogP contribution in [-0.4, -0.2) is 42.8 Å². The molecule has 152 valence electrons. The van der Waals surface area contributed by atoms with Gasteiger partial charge in [-0.3, -0.25) is 4.79 Å². The quantitative estimate of drug-likeness (QED) is 0.583. The summed E-state index contributed by atoms with van der Waals surface area (Å²) in [6.07, 6.45) is 10.0. The van der Waals surface area contributed by atoms with Crippen LogP contribution in [0.4, 0.5) is 5.69 Å². The van der Waals surface area contributed by atoms with E-state index < -0.39 is 8.07 Å². The fraction of sp³-hybridized carbons (Fsp3) is 0.619. The smallest absolute Gasteiger partial charge is 0.256 e. The van der Waals surface area contributed by atoms with Crippen molar-refractivity contribution in [3.63, 3.8) is 0 Å². The molecule has 2 aliphatic rings. The van der Waals surface area contributed by atoms with Gasteiger partial charge in [-0.2, -0.15) is 0 Å². The summed E-state index contributed by atoms with van der Waals surface area (Å²) in [6, 6.07) is 3.75. The Labute approximate surface area is 168 Å². The Bertz CT molecular complexity index is 852. The Morgan fingerprint density at radius 2 is 2.04 bits per heavy atom. The van der Waals surface area contributed by atoms with Gasteiger partial charge >= 0.3 is 0 Å². The molecule has 1 N–H and O–H groups in total. The van der Waals surface area contributed by atoms with Crippen LogP contribution in [0.5, 0.6) is 0 Å². The van der Waals surface area contributed by atoms with Gasteiger partial charge in [0.15, 0.2) is 0 Å². The van der Waals surface area contributed by atoms with E-state index in [9.17, 15) is 4.79 Å². The Kier molecular flexibility index (Phi) is 5.47. The zero-order valence-corrected chi connectivity index (χ0v) is 18.3. The fourth-order valence-electron chi connectivity index (χ4n) is 4.28. The van der Waals surface area contributed by atoms with Crippen LogP contribution in [0, 0.1) is 0 Å². The second-order valence-electron chi connectivity index (χ2n) is 9.32. The van der Waals surface area contributed by atoms with Gasteiger partial charge in [-0.05, 0) is 25.0 Å². The second kappa shape index (κ2) is 7.87. The number of anilines is 1. The molecule has 6 nitrogen and oxygen atoms in total. The second-order valence-corrected chi connectivity index (χ2v) is 14.9. The number of amides is 1. The first-order chi connectivity index (χ1) is 13.4. The maximum absolute atomic E-state index is 12.5. The van der Waals surface area contributed by atoms with Crippen LogP contribution in [0.2, 0.25) is 25.7 Å². The number of nitrogens with zero attached hydrogens (tertiary/aromatic N) is 3. The lowest BCUT2D eigenvalue weighted by molar-refractivity contribution is 0.0899. The number of nitrogens with one attached hydrogen (secondary N) is 1. The predicted molar refractivity (Wildman–Crippen MR) is 116 cm³/mol. The van der Waals surface area contributed by atoms with Crippen LogP contribution in [-0.2, 0) is 11.5 Å². The molecule has 1 saturated carbocycles. The third-order valence-corrected chi connectivity index (χ3v) is 7.65. The van der Waals surface area contributed by atoms with E-state index in [0.29, 0.717) is 25.0 Å². The molecule has 2 aromatic heterocycles. The molecule has 1 fully saturated rings. The Balaban J connectivity index is 1.60. The van der Waals surface area contributed by atoms with Crippen molar-refractivity contribution in [3.05, 3.63) is 24.0 Å². The highest BCUT2D eigenvalue weighted by molar-refractivity contribution is 6.76. The van der Waals surface area contributed by atoms with E-state index in [0.717, 1.165) is 29.4 Å². The number of fused-ring (bicyclic) bond motifs is 3. The van der Waals surface area contributed by atoms with E-state index in [-0.39, 0.29) is 5.91 Å². The zero-order chi connectivity index (χ0) is 19.7. The van der Waals surface area contributed by atoms with Crippen LogP contribution in [0.1, 0.15) is 42.5 Å². The number of carbonyl (C=O) groups excluding carboxylic acids is 1. The molecule has 1 amide bonds. The highest BCUT2D eigenvalue weighted by Gasteiger charge is 2.31. The van der Waals surface area contributed by atoms with Gasteiger partial charge in [-0.15, -0.1) is 0 Å². The minimum absolute atomic E-state index is 0.0180. The average Bonchev–Trinajstić information content (AvgIpc) is 3.09. The van der Waals surface area contributed by atoms with Crippen LogP contribution in [0.25, 0.3) is 11.0 Å². The Morgan fingerprint density at radius 3 is 2.79 bits per heavy atom. The monoisotopic (exact) mass is 400 g/mol. The van der Waals surface area contributed by atoms with Gasteiger partial charge in [0, 0.05) is 38.5 Å². The summed E-state index contributed by atoms with van der Waals surface area (Å²) in [5.41, 5.74) is 2.66. The van der Waals surface area contributed by atoms with Gasteiger partial charge in [0.25, 0.3) is 5.91 Å². The molecule has 0 unspecified atom stereocenters. The third kappa shape index (κ3) is 3.96. The van der Waals surface area contributed by atoms with E-state index in [2.05, 4.69) is 45.5 Å². The molecule has 1 aliphatic heterocycles. The third-order valence-electron chi connectivity index (χ3n) is 5.94. The molecule has 0 radical (unpaired) electrons. The maximum Gasteiger partial charge on any atom is 0.256 e. The molecule has 28 heavy (non-hydrogen) atoms. The molecule has 1 aliphatic carbocycles. The van der Waals surface area contributed by atoms with Crippen molar-refractivity contribution < 1.29 is 9.53 Å². The van der Waals surface area contributed by atoms with E-state index in [1.165, 1.54) is 32.1 Å². The minimum Gasteiger partial charge on any atom is -0.361 e. The Hall–Kier alpha value is -1.86. The first-order valence-electron chi connectivity index (χ1n) is 10.5. The van der Waals surface area contributed by atoms with Gasteiger partial charge in [0.05, 0.1) is 17.9 Å². The van der Waals surface area contributed by atoms with Gasteiger partial charge in [-0.25, -0.2) is 4.98 Å². The van der Waals surface area contributed by atoms with Crippen LogP contribution < -0.4 is 10.2 Å². The number of carbonyl (C=O) groups is 1. The summed E-state index contributed by atoms with van der Waals surface area (Å²) < 4.78 is 8.00. The van der Waals surface area contributed by atoms with Gasteiger partial charge in [-0.1, -0.05) is 38.9 Å². The molecular weight excluding hydrogens is 368 g/mol. The molecule has 7 heteroatoms. The van der Waals surface area contributed by atoms with Crippen molar-refractivity contribution in [1.29, 1.82) is 0 Å².